The molecule has 10 heteroatoms. The second-order valence-electron chi connectivity index (χ2n) is 7.00. The third-order valence-corrected chi connectivity index (χ3v) is 6.47. The van der Waals surface area contributed by atoms with E-state index in [0.29, 0.717) is 11.3 Å². The summed E-state index contributed by atoms with van der Waals surface area (Å²) in [7, 11) is -3.41. The fourth-order valence-corrected chi connectivity index (χ4v) is 4.42. The van der Waals surface area contributed by atoms with Gasteiger partial charge in [-0.2, -0.15) is 18.3 Å². The molecule has 0 saturated heterocycles. The van der Waals surface area contributed by atoms with Crippen LogP contribution in [0.2, 0.25) is 0 Å². The number of hydrogen-bond donors (Lipinski definition) is 0. The molecule has 0 atom stereocenters. The van der Waals surface area contributed by atoms with E-state index in [1.54, 1.807) is 23.7 Å². The first kappa shape index (κ1) is 21.3. The molecule has 4 aromatic rings. The van der Waals surface area contributed by atoms with Crippen LogP contribution < -0.4 is 0 Å². The standard InChI is InChI=1S/C21H16F3N3O2S2/c1-13-9-14(3-8-17(13)19-11-30-12-25-19)18-10-27(26-20(18)21(22,23)24)15-4-6-16(7-5-15)31(2,28)29/h3-12H,1-2H3. The molecule has 0 aliphatic heterocycles. The van der Waals surface area contributed by atoms with Crippen LogP contribution in [-0.4, -0.2) is 29.4 Å². The highest BCUT2D eigenvalue weighted by atomic mass is 32.2. The van der Waals surface area contributed by atoms with Crippen LogP contribution >= 0.6 is 11.3 Å². The van der Waals surface area contributed by atoms with Gasteiger partial charge in [-0.3, -0.25) is 0 Å². The monoisotopic (exact) mass is 463 g/mol. The van der Waals surface area contributed by atoms with Crippen LogP contribution in [0, 0.1) is 6.92 Å². The fourth-order valence-electron chi connectivity index (χ4n) is 3.24. The molecular formula is C21H16F3N3O2S2. The van der Waals surface area contributed by atoms with Crippen molar-refractivity contribution in [3.8, 4) is 28.1 Å². The zero-order chi connectivity index (χ0) is 22.4. The van der Waals surface area contributed by atoms with Crippen LogP contribution in [0.5, 0.6) is 0 Å². The highest BCUT2D eigenvalue weighted by Crippen LogP contribution is 2.38. The predicted molar refractivity (Wildman–Crippen MR) is 113 cm³/mol. The minimum atomic E-state index is -4.66. The molecule has 0 bridgehead atoms. The molecule has 2 heterocycles. The summed E-state index contributed by atoms with van der Waals surface area (Å²) in [6, 6.07) is 10.6. The van der Waals surface area contributed by atoms with Crippen LogP contribution in [0.4, 0.5) is 13.2 Å². The highest BCUT2D eigenvalue weighted by Gasteiger charge is 2.37. The molecule has 0 aliphatic rings. The number of hydrogen-bond acceptors (Lipinski definition) is 5. The molecule has 0 spiro atoms. The first-order chi connectivity index (χ1) is 14.5. The van der Waals surface area contributed by atoms with Gasteiger partial charge in [0, 0.05) is 29.0 Å². The average Bonchev–Trinajstić information content (AvgIpc) is 3.37. The Hall–Kier alpha value is -2.98. The molecule has 4 rings (SSSR count). The molecule has 0 fully saturated rings. The summed E-state index contributed by atoms with van der Waals surface area (Å²) in [6.07, 6.45) is -2.29. The summed E-state index contributed by atoms with van der Waals surface area (Å²) in [5.41, 5.74) is 3.73. The molecule has 31 heavy (non-hydrogen) atoms. The van der Waals surface area contributed by atoms with Crippen molar-refractivity contribution in [2.45, 2.75) is 18.0 Å². The number of thiazole rings is 1. The Labute approximate surface area is 180 Å². The van der Waals surface area contributed by atoms with Crippen LogP contribution in [0.3, 0.4) is 0 Å². The fraction of sp³-hybridized carbons (Fsp3) is 0.143. The molecule has 5 nitrogen and oxygen atoms in total. The number of benzene rings is 2. The Kier molecular flexibility index (Phi) is 5.22. The van der Waals surface area contributed by atoms with Gasteiger partial charge in [-0.25, -0.2) is 18.1 Å². The van der Waals surface area contributed by atoms with Gasteiger partial charge < -0.3 is 0 Å². The molecule has 0 aliphatic carbocycles. The number of nitrogens with zero attached hydrogens (tertiary/aromatic N) is 3. The molecule has 0 unspecified atom stereocenters. The molecule has 0 amide bonds. The lowest BCUT2D eigenvalue weighted by Gasteiger charge is -2.09. The summed E-state index contributed by atoms with van der Waals surface area (Å²) in [6.45, 7) is 1.82. The molecule has 0 N–H and O–H groups in total. The smallest absolute Gasteiger partial charge is 0.245 e. The third kappa shape index (κ3) is 4.26. The van der Waals surface area contributed by atoms with Crippen LogP contribution in [0.15, 0.2) is 64.4 Å². The van der Waals surface area contributed by atoms with Gasteiger partial charge in [-0.1, -0.05) is 18.2 Å². The van der Waals surface area contributed by atoms with Gasteiger partial charge in [0.25, 0.3) is 0 Å². The van der Waals surface area contributed by atoms with Gasteiger partial charge in [0.1, 0.15) is 0 Å². The number of rotatable bonds is 4. The van der Waals surface area contributed by atoms with Crippen LogP contribution in [-0.2, 0) is 16.0 Å². The van der Waals surface area contributed by atoms with Crippen LogP contribution in [0.25, 0.3) is 28.1 Å². The summed E-state index contributed by atoms with van der Waals surface area (Å²) in [4.78, 5) is 4.33. The van der Waals surface area contributed by atoms with E-state index in [2.05, 4.69) is 10.1 Å². The molecule has 2 aromatic heterocycles. The maximum atomic E-state index is 13.7. The number of aromatic nitrogens is 3. The number of halogens is 3. The van der Waals surface area contributed by atoms with E-state index in [-0.39, 0.29) is 10.5 Å². The van der Waals surface area contributed by atoms with Crippen molar-refractivity contribution >= 4 is 21.2 Å². The summed E-state index contributed by atoms with van der Waals surface area (Å²) < 4.78 is 65.5. The molecule has 160 valence electrons. The minimum Gasteiger partial charge on any atom is -0.245 e. The van der Waals surface area contributed by atoms with E-state index in [0.717, 1.165) is 27.8 Å². The topological polar surface area (TPSA) is 64.8 Å². The molecule has 0 radical (unpaired) electrons. The lowest BCUT2D eigenvalue weighted by atomic mass is 9.99. The van der Waals surface area contributed by atoms with Crippen molar-refractivity contribution in [1.82, 2.24) is 14.8 Å². The molecule has 2 aromatic carbocycles. The largest absolute Gasteiger partial charge is 0.435 e. The van der Waals surface area contributed by atoms with Gasteiger partial charge in [0.05, 0.1) is 21.8 Å². The summed E-state index contributed by atoms with van der Waals surface area (Å²) in [5.74, 6) is 0. The first-order valence-electron chi connectivity index (χ1n) is 9.01. The SMILES string of the molecule is Cc1cc(-c2cn(-c3ccc(S(C)(=O)=O)cc3)nc2C(F)(F)F)ccc1-c1cscn1. The number of sulfone groups is 1. The van der Waals surface area contributed by atoms with E-state index in [4.69, 9.17) is 0 Å². The van der Waals surface area contributed by atoms with Gasteiger partial charge in [-0.05, 0) is 42.3 Å². The van der Waals surface area contributed by atoms with Crippen molar-refractivity contribution in [2.24, 2.45) is 0 Å². The quantitative estimate of drug-likeness (QED) is 0.407. The Morgan fingerprint density at radius 1 is 1.03 bits per heavy atom. The van der Waals surface area contributed by atoms with Crippen molar-refractivity contribution in [1.29, 1.82) is 0 Å². The van der Waals surface area contributed by atoms with E-state index in [9.17, 15) is 21.6 Å². The Morgan fingerprint density at radius 2 is 1.74 bits per heavy atom. The van der Waals surface area contributed by atoms with E-state index < -0.39 is 21.7 Å². The average molecular weight is 464 g/mol. The molecular weight excluding hydrogens is 447 g/mol. The van der Waals surface area contributed by atoms with Crippen molar-refractivity contribution in [3.63, 3.8) is 0 Å². The maximum absolute atomic E-state index is 13.7. The molecule has 0 saturated carbocycles. The lowest BCUT2D eigenvalue weighted by Crippen LogP contribution is -2.08. The normalized spacial score (nSPS) is 12.3. The predicted octanol–water partition coefficient (Wildman–Crippen LogP) is 5.39. The second-order valence-corrected chi connectivity index (χ2v) is 9.74. The van der Waals surface area contributed by atoms with Crippen molar-refractivity contribution < 1.29 is 21.6 Å². The zero-order valence-electron chi connectivity index (χ0n) is 16.4. The number of aryl methyl sites for hydroxylation is 1. The second kappa shape index (κ2) is 7.61. The highest BCUT2D eigenvalue weighted by molar-refractivity contribution is 7.90. The Morgan fingerprint density at radius 3 is 2.29 bits per heavy atom. The minimum absolute atomic E-state index is 0.0624. The van der Waals surface area contributed by atoms with E-state index in [1.807, 2.05) is 12.3 Å². The third-order valence-electron chi connectivity index (χ3n) is 4.76. The zero-order valence-corrected chi connectivity index (χ0v) is 18.0. The number of alkyl halides is 3. The first-order valence-corrected chi connectivity index (χ1v) is 11.8. The Balaban J connectivity index is 1.80. The van der Waals surface area contributed by atoms with Gasteiger partial charge in [-0.15, -0.1) is 11.3 Å². The summed E-state index contributed by atoms with van der Waals surface area (Å²) in [5, 5.41) is 5.63. The van der Waals surface area contributed by atoms with Crippen LogP contribution in [0.1, 0.15) is 11.3 Å². The van der Waals surface area contributed by atoms with Gasteiger partial charge in [0.2, 0.25) is 0 Å². The van der Waals surface area contributed by atoms with Crippen molar-refractivity contribution in [3.05, 3.63) is 70.8 Å². The maximum Gasteiger partial charge on any atom is 0.435 e. The Bertz CT molecular complexity index is 1340. The van der Waals surface area contributed by atoms with Gasteiger partial charge in [0.15, 0.2) is 15.5 Å². The summed E-state index contributed by atoms with van der Waals surface area (Å²) >= 11 is 1.44. The van der Waals surface area contributed by atoms with Gasteiger partial charge >= 0.3 is 6.18 Å². The van der Waals surface area contributed by atoms with E-state index >= 15 is 0 Å². The van der Waals surface area contributed by atoms with Crippen molar-refractivity contribution in [2.75, 3.05) is 6.26 Å². The van der Waals surface area contributed by atoms with E-state index in [1.165, 1.54) is 41.8 Å². The lowest BCUT2D eigenvalue weighted by molar-refractivity contribution is -0.140.